The Hall–Kier alpha value is -2.60. The van der Waals surface area contributed by atoms with Crippen molar-refractivity contribution in [1.82, 2.24) is 19.9 Å². The summed E-state index contributed by atoms with van der Waals surface area (Å²) in [5, 5.41) is 0.341. The summed E-state index contributed by atoms with van der Waals surface area (Å²) in [5.74, 6) is 0.0842. The normalized spacial score (nSPS) is 10.4. The number of hydrogen-bond acceptors (Lipinski definition) is 5. The standard InChI is InChI=1S/C14H9ClFN5/c15-13-7-12(5-6-18-13)21(14-19-8-17-9-20-14)11-3-1-10(16)2-4-11/h1-9H. The van der Waals surface area contributed by atoms with Gasteiger partial charge in [0.25, 0.3) is 0 Å². The Morgan fingerprint density at radius 1 is 0.905 bits per heavy atom. The Bertz CT molecular complexity index is 736. The summed E-state index contributed by atoms with van der Waals surface area (Å²) in [6.45, 7) is 0. The van der Waals surface area contributed by atoms with E-state index in [4.69, 9.17) is 11.6 Å². The van der Waals surface area contributed by atoms with E-state index in [0.29, 0.717) is 22.5 Å². The van der Waals surface area contributed by atoms with Crippen LogP contribution >= 0.6 is 11.6 Å². The van der Waals surface area contributed by atoms with E-state index in [1.807, 2.05) is 0 Å². The maximum Gasteiger partial charge on any atom is 0.237 e. The number of hydrogen-bond donors (Lipinski definition) is 0. The Morgan fingerprint density at radius 2 is 1.62 bits per heavy atom. The zero-order chi connectivity index (χ0) is 14.7. The quantitative estimate of drug-likeness (QED) is 0.693. The van der Waals surface area contributed by atoms with Crippen LogP contribution in [0.1, 0.15) is 0 Å². The number of rotatable bonds is 3. The highest BCUT2D eigenvalue weighted by Gasteiger charge is 2.15. The molecule has 0 bridgehead atoms. The van der Waals surface area contributed by atoms with Gasteiger partial charge in [-0.15, -0.1) is 0 Å². The molecule has 0 N–H and O–H groups in total. The highest BCUT2D eigenvalue weighted by molar-refractivity contribution is 6.29. The third-order valence-electron chi connectivity index (χ3n) is 2.73. The van der Waals surface area contributed by atoms with Gasteiger partial charge in [-0.25, -0.2) is 24.3 Å². The monoisotopic (exact) mass is 301 g/mol. The van der Waals surface area contributed by atoms with Crippen LogP contribution in [0.25, 0.3) is 0 Å². The molecule has 3 rings (SSSR count). The predicted molar refractivity (Wildman–Crippen MR) is 77.3 cm³/mol. The number of nitrogens with zero attached hydrogens (tertiary/aromatic N) is 5. The molecule has 0 radical (unpaired) electrons. The van der Waals surface area contributed by atoms with Gasteiger partial charge in [0.15, 0.2) is 0 Å². The van der Waals surface area contributed by atoms with E-state index in [0.717, 1.165) is 0 Å². The minimum Gasteiger partial charge on any atom is -0.279 e. The second kappa shape index (κ2) is 5.80. The first-order valence-corrected chi connectivity index (χ1v) is 6.41. The van der Waals surface area contributed by atoms with Gasteiger partial charge in [-0.05, 0) is 36.4 Å². The van der Waals surface area contributed by atoms with Gasteiger partial charge in [-0.3, -0.25) is 4.90 Å². The first-order valence-electron chi connectivity index (χ1n) is 6.03. The van der Waals surface area contributed by atoms with Crippen molar-refractivity contribution in [3.63, 3.8) is 0 Å². The van der Waals surface area contributed by atoms with E-state index in [-0.39, 0.29) is 5.82 Å². The van der Waals surface area contributed by atoms with Crippen LogP contribution in [0.2, 0.25) is 5.15 Å². The Labute approximate surface area is 125 Å². The highest BCUT2D eigenvalue weighted by Crippen LogP contribution is 2.32. The molecule has 0 amide bonds. The zero-order valence-electron chi connectivity index (χ0n) is 10.7. The third-order valence-corrected chi connectivity index (χ3v) is 2.94. The lowest BCUT2D eigenvalue weighted by Crippen LogP contribution is -2.13. The SMILES string of the molecule is Fc1ccc(N(c2ccnc(Cl)c2)c2ncncn2)cc1. The number of benzene rings is 1. The molecule has 5 nitrogen and oxygen atoms in total. The van der Waals surface area contributed by atoms with E-state index in [1.165, 1.54) is 24.8 Å². The zero-order valence-corrected chi connectivity index (χ0v) is 11.4. The molecule has 0 unspecified atom stereocenters. The molecular formula is C14H9ClFN5. The van der Waals surface area contributed by atoms with E-state index >= 15 is 0 Å². The molecule has 0 fully saturated rings. The molecule has 0 aliphatic carbocycles. The second-order valence-electron chi connectivity index (χ2n) is 4.09. The van der Waals surface area contributed by atoms with Gasteiger partial charge in [0.05, 0.1) is 5.69 Å². The summed E-state index contributed by atoms with van der Waals surface area (Å²) < 4.78 is 13.1. The Kier molecular flexibility index (Phi) is 3.70. The molecule has 104 valence electrons. The van der Waals surface area contributed by atoms with Crippen molar-refractivity contribution < 1.29 is 4.39 Å². The molecule has 0 aliphatic heterocycles. The summed E-state index contributed by atoms with van der Waals surface area (Å²) >= 11 is 5.94. The van der Waals surface area contributed by atoms with Gasteiger partial charge < -0.3 is 0 Å². The van der Waals surface area contributed by atoms with Crippen molar-refractivity contribution in [3.8, 4) is 0 Å². The van der Waals surface area contributed by atoms with E-state index in [2.05, 4.69) is 19.9 Å². The number of anilines is 3. The Balaban J connectivity index is 2.13. The van der Waals surface area contributed by atoms with Gasteiger partial charge >= 0.3 is 0 Å². The van der Waals surface area contributed by atoms with E-state index in [9.17, 15) is 4.39 Å². The summed E-state index contributed by atoms with van der Waals surface area (Å²) in [6.07, 6.45) is 4.36. The number of halogens is 2. The van der Waals surface area contributed by atoms with Crippen LogP contribution in [0.15, 0.2) is 55.2 Å². The van der Waals surface area contributed by atoms with Crippen molar-refractivity contribution in [2.24, 2.45) is 0 Å². The summed E-state index contributed by atoms with van der Waals surface area (Å²) in [4.78, 5) is 17.7. The minimum atomic E-state index is -0.317. The number of pyridine rings is 1. The summed E-state index contributed by atoms with van der Waals surface area (Å²) in [6, 6.07) is 9.44. The number of aromatic nitrogens is 4. The summed E-state index contributed by atoms with van der Waals surface area (Å²) in [7, 11) is 0. The van der Waals surface area contributed by atoms with Crippen molar-refractivity contribution in [1.29, 1.82) is 0 Å². The fourth-order valence-electron chi connectivity index (χ4n) is 1.85. The lowest BCUT2D eigenvalue weighted by Gasteiger charge is -2.22. The minimum absolute atomic E-state index is 0.317. The van der Waals surface area contributed by atoms with E-state index < -0.39 is 0 Å². The summed E-state index contributed by atoms with van der Waals surface area (Å²) in [5.41, 5.74) is 1.41. The molecule has 3 aromatic rings. The molecule has 0 saturated carbocycles. The second-order valence-corrected chi connectivity index (χ2v) is 4.47. The molecule has 21 heavy (non-hydrogen) atoms. The van der Waals surface area contributed by atoms with Crippen molar-refractivity contribution >= 4 is 28.9 Å². The average Bonchev–Trinajstić information content (AvgIpc) is 2.51. The van der Waals surface area contributed by atoms with Gasteiger partial charge in [-0.2, -0.15) is 0 Å². The van der Waals surface area contributed by atoms with Crippen molar-refractivity contribution in [2.75, 3.05) is 4.90 Å². The molecule has 2 aromatic heterocycles. The molecule has 0 aliphatic rings. The van der Waals surface area contributed by atoms with E-state index in [1.54, 1.807) is 35.4 Å². The lowest BCUT2D eigenvalue weighted by molar-refractivity contribution is 0.628. The lowest BCUT2D eigenvalue weighted by atomic mass is 10.2. The Morgan fingerprint density at radius 3 is 2.29 bits per heavy atom. The molecular weight excluding hydrogens is 293 g/mol. The average molecular weight is 302 g/mol. The van der Waals surface area contributed by atoms with Crippen molar-refractivity contribution in [2.45, 2.75) is 0 Å². The molecule has 0 saturated heterocycles. The maximum absolute atomic E-state index is 13.1. The van der Waals surface area contributed by atoms with Gasteiger partial charge in [0.2, 0.25) is 5.95 Å². The maximum atomic E-state index is 13.1. The smallest absolute Gasteiger partial charge is 0.237 e. The van der Waals surface area contributed by atoms with Crippen molar-refractivity contribution in [3.05, 3.63) is 66.2 Å². The van der Waals surface area contributed by atoms with Crippen LogP contribution in [0.3, 0.4) is 0 Å². The molecule has 0 spiro atoms. The molecule has 1 aromatic carbocycles. The molecule has 2 heterocycles. The van der Waals surface area contributed by atoms with Gasteiger partial charge in [-0.1, -0.05) is 11.6 Å². The van der Waals surface area contributed by atoms with Crippen LogP contribution in [0.4, 0.5) is 21.7 Å². The fraction of sp³-hybridized carbons (Fsp3) is 0. The largest absolute Gasteiger partial charge is 0.279 e. The molecule has 0 atom stereocenters. The van der Waals surface area contributed by atoms with Crippen LogP contribution < -0.4 is 4.90 Å². The highest BCUT2D eigenvalue weighted by atomic mass is 35.5. The van der Waals surface area contributed by atoms with Gasteiger partial charge in [0, 0.05) is 11.9 Å². The topological polar surface area (TPSA) is 54.8 Å². The predicted octanol–water partition coefficient (Wildman–Crippen LogP) is 3.53. The first-order chi connectivity index (χ1) is 10.2. The molecule has 7 heteroatoms. The van der Waals surface area contributed by atoms with Crippen LogP contribution in [0.5, 0.6) is 0 Å². The van der Waals surface area contributed by atoms with Crippen LogP contribution in [-0.2, 0) is 0 Å². The van der Waals surface area contributed by atoms with Crippen LogP contribution in [0, 0.1) is 5.82 Å². The first kappa shape index (κ1) is 13.4. The third kappa shape index (κ3) is 2.95. The van der Waals surface area contributed by atoms with Gasteiger partial charge in [0.1, 0.15) is 23.6 Å². The fourth-order valence-corrected chi connectivity index (χ4v) is 2.02. The van der Waals surface area contributed by atoms with Crippen LogP contribution in [-0.4, -0.2) is 19.9 Å².